The molecule has 0 unspecified atom stereocenters. The maximum Gasteiger partial charge on any atom is 0.277 e. The van der Waals surface area contributed by atoms with Crippen molar-refractivity contribution < 1.29 is 23.1 Å². The number of carbonyl (C=O) groups excluding carboxylic acids is 2. The molecular weight excluding hydrogens is 506 g/mol. The van der Waals surface area contributed by atoms with E-state index < -0.39 is 18.2 Å². The molecular formula is C28H28F2N6O3. The number of nitrogens with zero attached hydrogens (tertiary/aromatic N) is 5. The van der Waals surface area contributed by atoms with Crippen LogP contribution < -0.4 is 15.0 Å². The molecule has 202 valence electrons. The molecule has 9 nitrogen and oxygen atoms in total. The average molecular weight is 535 g/mol. The summed E-state index contributed by atoms with van der Waals surface area (Å²) in [4.78, 5) is 30.5. The van der Waals surface area contributed by atoms with Crippen molar-refractivity contribution >= 4 is 23.2 Å². The Morgan fingerprint density at radius 2 is 1.90 bits per heavy atom. The van der Waals surface area contributed by atoms with Crippen LogP contribution in [-0.2, 0) is 6.54 Å². The van der Waals surface area contributed by atoms with Gasteiger partial charge in [-0.25, -0.2) is 8.78 Å². The maximum atomic E-state index is 13.5. The number of hydrogen-bond donors (Lipinski definition) is 1. The van der Waals surface area contributed by atoms with Gasteiger partial charge in [-0.3, -0.25) is 14.3 Å². The number of halogens is 2. The molecule has 11 heteroatoms. The van der Waals surface area contributed by atoms with Crippen LogP contribution in [0, 0.1) is 11.3 Å². The highest BCUT2D eigenvalue weighted by Crippen LogP contribution is 2.30. The van der Waals surface area contributed by atoms with E-state index in [9.17, 15) is 23.6 Å². The normalized spacial score (nSPS) is 18.1. The van der Waals surface area contributed by atoms with E-state index in [0.29, 0.717) is 29.2 Å². The topological polar surface area (TPSA) is 103 Å². The van der Waals surface area contributed by atoms with Gasteiger partial charge in [0.25, 0.3) is 18.2 Å². The number of benzene rings is 2. The molecule has 0 radical (unpaired) electrons. The van der Waals surface area contributed by atoms with Crippen LogP contribution in [0.2, 0.25) is 0 Å². The van der Waals surface area contributed by atoms with Crippen molar-refractivity contribution in [3.05, 3.63) is 71.0 Å². The third-order valence-electron chi connectivity index (χ3n) is 7.12. The Morgan fingerprint density at radius 1 is 1.18 bits per heavy atom. The number of anilines is 2. The standard InChI is InChI=1S/C28H28F2N6O3/c1-17-16-35-25(28(38)36(17)21-6-3-18(4-7-21)26(29)30)23(15-32-35)27(37)33-20-5-8-24(19(13-20)14-31)39-22-9-11-34(2)12-10-22/h3-8,13,15,17,22,26H,9-12,16H2,1-2H3,(H,33,37)/t17-/m0/s1. The molecule has 1 N–H and O–H groups in total. The fraction of sp³-hybridized carbons (Fsp3) is 0.357. The van der Waals surface area contributed by atoms with Crippen molar-refractivity contribution in [2.75, 3.05) is 30.4 Å². The third kappa shape index (κ3) is 5.33. The first kappa shape index (κ1) is 26.3. The summed E-state index contributed by atoms with van der Waals surface area (Å²) in [6.45, 7) is 3.99. The zero-order chi connectivity index (χ0) is 27.7. The van der Waals surface area contributed by atoms with Gasteiger partial charge < -0.3 is 19.9 Å². The number of rotatable bonds is 6. The molecule has 0 bridgehead atoms. The zero-order valence-corrected chi connectivity index (χ0v) is 21.6. The van der Waals surface area contributed by atoms with Crippen LogP contribution in [0.3, 0.4) is 0 Å². The Kier molecular flexibility index (Phi) is 7.30. The monoisotopic (exact) mass is 534 g/mol. The number of piperidine rings is 1. The molecule has 0 saturated carbocycles. The highest BCUT2D eigenvalue weighted by Gasteiger charge is 2.36. The zero-order valence-electron chi connectivity index (χ0n) is 21.6. The minimum absolute atomic E-state index is 0.0237. The molecule has 0 spiro atoms. The first-order valence-corrected chi connectivity index (χ1v) is 12.7. The Hall–Kier alpha value is -4.30. The molecule has 0 aliphatic carbocycles. The van der Waals surface area contributed by atoms with E-state index >= 15 is 0 Å². The number of likely N-dealkylation sites (tertiary alicyclic amines) is 1. The lowest BCUT2D eigenvalue weighted by Crippen LogP contribution is -2.47. The van der Waals surface area contributed by atoms with Crippen molar-refractivity contribution in [1.82, 2.24) is 14.7 Å². The Morgan fingerprint density at radius 3 is 2.56 bits per heavy atom. The first-order chi connectivity index (χ1) is 18.7. The van der Waals surface area contributed by atoms with Gasteiger partial charge in [-0.1, -0.05) is 12.1 Å². The first-order valence-electron chi connectivity index (χ1n) is 12.7. The van der Waals surface area contributed by atoms with E-state index in [0.717, 1.165) is 25.9 Å². The molecule has 2 aliphatic heterocycles. The number of ether oxygens (including phenoxy) is 1. The molecule has 1 aromatic heterocycles. The summed E-state index contributed by atoms with van der Waals surface area (Å²) in [6, 6.07) is 12.2. The molecule has 3 aromatic rings. The molecule has 2 aromatic carbocycles. The van der Waals surface area contributed by atoms with Crippen LogP contribution in [0.25, 0.3) is 0 Å². The van der Waals surface area contributed by atoms with Crippen LogP contribution >= 0.6 is 0 Å². The highest BCUT2D eigenvalue weighted by atomic mass is 19.3. The van der Waals surface area contributed by atoms with Gasteiger partial charge in [0, 0.05) is 30.0 Å². The number of amides is 2. The molecule has 1 atom stereocenters. The van der Waals surface area contributed by atoms with Crippen LogP contribution in [-0.4, -0.2) is 58.8 Å². The number of alkyl halides is 2. The van der Waals surface area contributed by atoms with Crippen LogP contribution in [0.1, 0.15) is 58.2 Å². The second-order valence-corrected chi connectivity index (χ2v) is 9.90. The summed E-state index contributed by atoms with van der Waals surface area (Å²) in [5.74, 6) is -0.550. The van der Waals surface area contributed by atoms with Gasteiger partial charge in [0.15, 0.2) is 0 Å². The predicted molar refractivity (Wildman–Crippen MR) is 140 cm³/mol. The van der Waals surface area contributed by atoms with E-state index in [1.54, 1.807) is 18.2 Å². The van der Waals surface area contributed by atoms with Crippen molar-refractivity contribution in [2.24, 2.45) is 0 Å². The van der Waals surface area contributed by atoms with E-state index in [1.807, 2.05) is 6.92 Å². The molecule has 39 heavy (non-hydrogen) atoms. The summed E-state index contributed by atoms with van der Waals surface area (Å²) < 4.78 is 33.5. The fourth-order valence-corrected chi connectivity index (χ4v) is 4.99. The SMILES string of the molecule is C[C@H]1Cn2ncc(C(=O)Nc3ccc(OC4CCN(C)CC4)c(C#N)c3)c2C(=O)N1c1ccc(C(F)F)cc1. The maximum absolute atomic E-state index is 13.5. The van der Waals surface area contributed by atoms with E-state index in [1.165, 1.54) is 40.0 Å². The van der Waals surface area contributed by atoms with Gasteiger partial charge in [0.05, 0.1) is 29.9 Å². The fourth-order valence-electron chi connectivity index (χ4n) is 4.99. The Labute approximate surface area is 224 Å². The summed E-state index contributed by atoms with van der Waals surface area (Å²) in [7, 11) is 2.06. The second-order valence-electron chi connectivity index (χ2n) is 9.90. The predicted octanol–water partition coefficient (Wildman–Crippen LogP) is 4.47. The van der Waals surface area contributed by atoms with Gasteiger partial charge in [0.1, 0.15) is 23.6 Å². The summed E-state index contributed by atoms with van der Waals surface area (Å²) in [5.41, 5.74) is 1.17. The molecule has 2 aliphatic rings. The Bertz CT molecular complexity index is 1420. The van der Waals surface area contributed by atoms with E-state index in [-0.39, 0.29) is 29.0 Å². The summed E-state index contributed by atoms with van der Waals surface area (Å²) >= 11 is 0. The molecule has 5 rings (SSSR count). The molecule has 1 saturated heterocycles. The molecule has 3 heterocycles. The van der Waals surface area contributed by atoms with Crippen LogP contribution in [0.15, 0.2) is 48.7 Å². The van der Waals surface area contributed by atoms with Crippen molar-refractivity contribution in [3.8, 4) is 11.8 Å². The Balaban J connectivity index is 1.34. The molecule has 1 fully saturated rings. The number of nitriles is 1. The summed E-state index contributed by atoms with van der Waals surface area (Å²) in [6.07, 6.45) is 0.484. The minimum atomic E-state index is -2.61. The van der Waals surface area contributed by atoms with Gasteiger partial charge in [-0.2, -0.15) is 10.4 Å². The smallest absolute Gasteiger partial charge is 0.277 e. The average Bonchev–Trinajstić information content (AvgIpc) is 3.35. The van der Waals surface area contributed by atoms with Crippen molar-refractivity contribution in [2.45, 2.75) is 44.9 Å². The van der Waals surface area contributed by atoms with Gasteiger partial charge in [-0.05, 0) is 57.1 Å². The third-order valence-corrected chi connectivity index (χ3v) is 7.12. The van der Waals surface area contributed by atoms with Gasteiger partial charge >= 0.3 is 0 Å². The lowest BCUT2D eigenvalue weighted by Gasteiger charge is -2.34. The summed E-state index contributed by atoms with van der Waals surface area (Å²) in [5, 5.41) is 16.7. The lowest BCUT2D eigenvalue weighted by atomic mass is 10.1. The van der Waals surface area contributed by atoms with E-state index in [4.69, 9.17) is 4.74 Å². The number of hydrogen-bond acceptors (Lipinski definition) is 6. The quantitative estimate of drug-likeness (QED) is 0.501. The second kappa shape index (κ2) is 10.8. The number of carbonyl (C=O) groups is 2. The largest absolute Gasteiger partial charge is 0.489 e. The lowest BCUT2D eigenvalue weighted by molar-refractivity contribution is 0.0933. The van der Waals surface area contributed by atoms with Gasteiger partial charge in [-0.15, -0.1) is 0 Å². The van der Waals surface area contributed by atoms with Crippen molar-refractivity contribution in [3.63, 3.8) is 0 Å². The highest BCUT2D eigenvalue weighted by molar-refractivity contribution is 6.15. The van der Waals surface area contributed by atoms with Crippen molar-refractivity contribution in [1.29, 1.82) is 5.26 Å². The molecule has 2 amide bonds. The van der Waals surface area contributed by atoms with Crippen LogP contribution in [0.4, 0.5) is 20.2 Å². The minimum Gasteiger partial charge on any atom is -0.489 e. The van der Waals surface area contributed by atoms with Gasteiger partial charge in [0.2, 0.25) is 0 Å². The number of aromatic nitrogens is 2. The van der Waals surface area contributed by atoms with E-state index in [2.05, 4.69) is 28.4 Å². The number of fused-ring (bicyclic) bond motifs is 1. The number of nitrogens with one attached hydrogen (secondary N) is 1. The van der Waals surface area contributed by atoms with Crippen LogP contribution in [0.5, 0.6) is 5.75 Å².